The van der Waals surface area contributed by atoms with E-state index in [0.717, 1.165) is 12.1 Å². The van der Waals surface area contributed by atoms with E-state index >= 15 is 0 Å². The second-order valence-corrected chi connectivity index (χ2v) is 2.99. The van der Waals surface area contributed by atoms with Crippen LogP contribution in [-0.4, -0.2) is 13.0 Å². The molecule has 1 aromatic carbocycles. The Morgan fingerprint density at radius 3 is 2.29 bits per heavy atom. The van der Waals surface area contributed by atoms with Gasteiger partial charge in [0.2, 0.25) is 0 Å². The van der Waals surface area contributed by atoms with Crippen LogP contribution in [0.5, 0.6) is 11.5 Å². The highest BCUT2D eigenvalue weighted by atomic mass is 19.4. The van der Waals surface area contributed by atoms with Crippen LogP contribution in [0, 0.1) is 0 Å². The Morgan fingerprint density at radius 2 is 1.82 bits per heavy atom. The number of halogens is 5. The van der Waals surface area contributed by atoms with Gasteiger partial charge in [-0.1, -0.05) is 0 Å². The Bertz CT molecular complexity index is 375. The largest absolute Gasteiger partial charge is 0.573 e. The molecule has 0 aliphatic carbocycles. The summed E-state index contributed by atoms with van der Waals surface area (Å²) in [5.74, 6) is -0.994. The molecule has 0 heterocycles. The molecule has 0 atom stereocenters. The maximum Gasteiger partial charge on any atom is 0.573 e. The van der Waals surface area contributed by atoms with E-state index in [-0.39, 0.29) is 12.4 Å². The van der Waals surface area contributed by atoms with Crippen molar-refractivity contribution < 1.29 is 31.4 Å². The van der Waals surface area contributed by atoms with Crippen molar-refractivity contribution in [2.75, 3.05) is 6.61 Å². The number of rotatable bonds is 4. The number of hydrogen-bond donors (Lipinski definition) is 0. The quantitative estimate of drug-likeness (QED) is 0.760. The third kappa shape index (κ3) is 4.08. The van der Waals surface area contributed by atoms with Gasteiger partial charge in [0, 0.05) is 5.56 Å². The molecule has 0 amide bonds. The van der Waals surface area contributed by atoms with Crippen molar-refractivity contribution in [1.82, 2.24) is 0 Å². The van der Waals surface area contributed by atoms with Crippen molar-refractivity contribution in [3.05, 3.63) is 23.8 Å². The van der Waals surface area contributed by atoms with Crippen molar-refractivity contribution in [2.45, 2.75) is 19.7 Å². The van der Waals surface area contributed by atoms with Crippen LogP contribution in [0.15, 0.2) is 18.2 Å². The predicted molar refractivity (Wildman–Crippen MR) is 49.3 cm³/mol. The SMILES string of the molecule is CCOc1ccc(C(F)F)cc1OC(F)(F)F. The van der Waals surface area contributed by atoms with Gasteiger partial charge < -0.3 is 9.47 Å². The molecule has 0 aliphatic rings. The maximum absolute atomic E-state index is 12.3. The van der Waals surface area contributed by atoms with E-state index in [4.69, 9.17) is 4.74 Å². The van der Waals surface area contributed by atoms with E-state index in [9.17, 15) is 22.0 Å². The van der Waals surface area contributed by atoms with Gasteiger partial charge in [0.25, 0.3) is 6.43 Å². The van der Waals surface area contributed by atoms with Gasteiger partial charge in [-0.15, -0.1) is 13.2 Å². The Balaban J connectivity index is 3.06. The third-order valence-electron chi connectivity index (χ3n) is 1.75. The van der Waals surface area contributed by atoms with Gasteiger partial charge >= 0.3 is 6.36 Å². The van der Waals surface area contributed by atoms with Crippen molar-refractivity contribution >= 4 is 0 Å². The van der Waals surface area contributed by atoms with Crippen LogP contribution in [0.2, 0.25) is 0 Å². The fraction of sp³-hybridized carbons (Fsp3) is 0.400. The summed E-state index contributed by atoms with van der Waals surface area (Å²) >= 11 is 0. The molecule has 1 rings (SSSR count). The lowest BCUT2D eigenvalue weighted by Gasteiger charge is -2.14. The Hall–Kier alpha value is -1.53. The standard InChI is InChI=1S/C10H9F5O2/c1-2-16-7-4-3-6(9(11)12)5-8(7)17-10(13,14)15/h3-5,9H,2H2,1H3. The van der Waals surface area contributed by atoms with E-state index in [2.05, 4.69) is 4.74 Å². The summed E-state index contributed by atoms with van der Waals surface area (Å²) < 4.78 is 69.2. The Labute approximate surface area is 93.9 Å². The Kier molecular flexibility index (Phi) is 4.14. The summed E-state index contributed by atoms with van der Waals surface area (Å²) in [6.07, 6.45) is -7.83. The number of benzene rings is 1. The molecule has 17 heavy (non-hydrogen) atoms. The molecule has 0 aliphatic heterocycles. The van der Waals surface area contributed by atoms with Crippen LogP contribution in [0.3, 0.4) is 0 Å². The lowest BCUT2D eigenvalue weighted by molar-refractivity contribution is -0.275. The van der Waals surface area contributed by atoms with Gasteiger partial charge in [0.15, 0.2) is 11.5 Å². The zero-order valence-electron chi connectivity index (χ0n) is 8.72. The molecule has 0 spiro atoms. The highest BCUT2D eigenvalue weighted by molar-refractivity contribution is 5.43. The monoisotopic (exact) mass is 256 g/mol. The van der Waals surface area contributed by atoms with Crippen molar-refractivity contribution in [2.24, 2.45) is 0 Å². The molecule has 0 N–H and O–H groups in total. The molecule has 96 valence electrons. The lowest BCUT2D eigenvalue weighted by Crippen LogP contribution is -2.18. The van der Waals surface area contributed by atoms with E-state index in [1.807, 2.05) is 0 Å². The van der Waals surface area contributed by atoms with E-state index in [0.29, 0.717) is 6.07 Å². The first-order chi connectivity index (χ1) is 7.83. The van der Waals surface area contributed by atoms with Crippen molar-refractivity contribution in [3.8, 4) is 11.5 Å². The molecule has 7 heteroatoms. The zero-order valence-corrected chi connectivity index (χ0v) is 8.72. The molecule has 0 saturated carbocycles. The summed E-state index contributed by atoms with van der Waals surface area (Å²) in [5.41, 5.74) is -0.562. The summed E-state index contributed by atoms with van der Waals surface area (Å²) in [5, 5.41) is 0. The fourth-order valence-electron chi connectivity index (χ4n) is 1.14. The van der Waals surface area contributed by atoms with E-state index in [1.54, 1.807) is 6.92 Å². The highest BCUT2D eigenvalue weighted by Crippen LogP contribution is 2.35. The van der Waals surface area contributed by atoms with Gasteiger partial charge in [-0.3, -0.25) is 0 Å². The predicted octanol–water partition coefficient (Wildman–Crippen LogP) is 3.92. The number of alkyl halides is 5. The minimum absolute atomic E-state index is 0.0994. The molecular formula is C10H9F5O2. The minimum atomic E-state index is -4.95. The molecule has 0 unspecified atom stereocenters. The first-order valence-corrected chi connectivity index (χ1v) is 4.64. The van der Waals surface area contributed by atoms with Gasteiger partial charge in [0.1, 0.15) is 0 Å². The maximum atomic E-state index is 12.3. The topological polar surface area (TPSA) is 18.5 Å². The third-order valence-corrected chi connectivity index (χ3v) is 1.75. The van der Waals surface area contributed by atoms with Crippen molar-refractivity contribution in [1.29, 1.82) is 0 Å². The second-order valence-electron chi connectivity index (χ2n) is 2.99. The molecular weight excluding hydrogens is 247 g/mol. The van der Waals surface area contributed by atoms with Gasteiger partial charge in [-0.05, 0) is 25.1 Å². The van der Waals surface area contributed by atoms with Crippen LogP contribution in [0.1, 0.15) is 18.9 Å². The molecule has 0 bridgehead atoms. The smallest absolute Gasteiger partial charge is 0.490 e. The summed E-state index contributed by atoms with van der Waals surface area (Å²) in [4.78, 5) is 0. The summed E-state index contributed by atoms with van der Waals surface area (Å²) in [7, 11) is 0. The highest BCUT2D eigenvalue weighted by Gasteiger charge is 2.33. The molecule has 2 nitrogen and oxygen atoms in total. The average Bonchev–Trinajstić information content (AvgIpc) is 2.18. The molecule has 0 radical (unpaired) electrons. The zero-order chi connectivity index (χ0) is 13.1. The lowest BCUT2D eigenvalue weighted by atomic mass is 10.2. The van der Waals surface area contributed by atoms with Crippen LogP contribution >= 0.6 is 0 Å². The van der Waals surface area contributed by atoms with Crippen LogP contribution in [-0.2, 0) is 0 Å². The van der Waals surface area contributed by atoms with Crippen LogP contribution in [0.25, 0.3) is 0 Å². The van der Waals surface area contributed by atoms with E-state index < -0.39 is 24.1 Å². The molecule has 0 fully saturated rings. The number of ether oxygens (including phenoxy) is 2. The van der Waals surface area contributed by atoms with E-state index in [1.165, 1.54) is 0 Å². The fourth-order valence-corrected chi connectivity index (χ4v) is 1.14. The number of hydrogen-bond acceptors (Lipinski definition) is 2. The van der Waals surface area contributed by atoms with Crippen molar-refractivity contribution in [3.63, 3.8) is 0 Å². The van der Waals surface area contributed by atoms with Crippen LogP contribution < -0.4 is 9.47 Å². The Morgan fingerprint density at radius 1 is 1.18 bits per heavy atom. The van der Waals surface area contributed by atoms with Gasteiger partial charge in [0.05, 0.1) is 6.61 Å². The van der Waals surface area contributed by atoms with Crippen LogP contribution in [0.4, 0.5) is 22.0 Å². The minimum Gasteiger partial charge on any atom is -0.490 e. The second kappa shape index (κ2) is 5.20. The molecule has 0 aromatic heterocycles. The van der Waals surface area contributed by atoms with Gasteiger partial charge in [-0.2, -0.15) is 0 Å². The van der Waals surface area contributed by atoms with Gasteiger partial charge in [-0.25, -0.2) is 8.78 Å². The summed E-state index contributed by atoms with van der Waals surface area (Å²) in [6, 6.07) is 2.62. The normalized spacial score (nSPS) is 11.7. The molecule has 1 aromatic rings. The summed E-state index contributed by atoms with van der Waals surface area (Å²) in [6.45, 7) is 1.65. The first kappa shape index (κ1) is 13.5. The molecule has 0 saturated heterocycles. The average molecular weight is 256 g/mol. The first-order valence-electron chi connectivity index (χ1n) is 4.64.